The molecule has 5 nitrogen and oxygen atoms in total. The first-order valence-corrected chi connectivity index (χ1v) is 8.33. The lowest BCUT2D eigenvalue weighted by atomic mass is 10.1. The maximum absolute atomic E-state index is 12.1. The fourth-order valence-corrected chi connectivity index (χ4v) is 3.07. The highest BCUT2D eigenvalue weighted by molar-refractivity contribution is 6.42. The van der Waals surface area contributed by atoms with Crippen molar-refractivity contribution in [2.24, 2.45) is 0 Å². The van der Waals surface area contributed by atoms with E-state index in [-0.39, 0.29) is 24.1 Å². The number of halogens is 2. The molecule has 0 fully saturated rings. The molecule has 128 valence electrons. The summed E-state index contributed by atoms with van der Waals surface area (Å²) in [5.74, 6) is -0.934. The second-order valence-electron chi connectivity index (χ2n) is 5.69. The van der Waals surface area contributed by atoms with E-state index in [9.17, 15) is 14.4 Å². The zero-order valence-corrected chi connectivity index (χ0v) is 14.8. The van der Waals surface area contributed by atoms with Gasteiger partial charge in [0.15, 0.2) is 0 Å². The summed E-state index contributed by atoms with van der Waals surface area (Å²) in [7, 11) is 1.43. The van der Waals surface area contributed by atoms with Crippen LogP contribution in [0.3, 0.4) is 0 Å². The number of hydrogen-bond donors (Lipinski definition) is 1. The number of aryl methyl sites for hydroxylation is 1. The topological polar surface area (TPSA) is 66.5 Å². The van der Waals surface area contributed by atoms with Gasteiger partial charge in [-0.2, -0.15) is 0 Å². The lowest BCUT2D eigenvalue weighted by molar-refractivity contribution is -0.116. The van der Waals surface area contributed by atoms with E-state index in [2.05, 4.69) is 5.32 Å². The summed E-state index contributed by atoms with van der Waals surface area (Å²) < 4.78 is 0. The maximum atomic E-state index is 12.1. The number of benzene rings is 2. The van der Waals surface area contributed by atoms with Crippen molar-refractivity contribution in [2.75, 3.05) is 12.4 Å². The number of amides is 3. The van der Waals surface area contributed by atoms with Gasteiger partial charge in [0, 0.05) is 19.2 Å². The minimum absolute atomic E-state index is 0.212. The van der Waals surface area contributed by atoms with E-state index in [1.807, 2.05) is 6.07 Å². The molecule has 7 heteroatoms. The van der Waals surface area contributed by atoms with Gasteiger partial charge in [-0.25, -0.2) is 0 Å². The molecule has 0 unspecified atom stereocenters. The molecule has 1 N–H and O–H groups in total. The monoisotopic (exact) mass is 376 g/mol. The van der Waals surface area contributed by atoms with Crippen molar-refractivity contribution in [1.82, 2.24) is 4.90 Å². The zero-order valence-electron chi connectivity index (χ0n) is 13.3. The molecule has 3 rings (SSSR count). The first kappa shape index (κ1) is 17.5. The average molecular weight is 377 g/mol. The molecule has 0 bridgehead atoms. The molecular formula is C18H14Cl2N2O3. The molecule has 25 heavy (non-hydrogen) atoms. The summed E-state index contributed by atoms with van der Waals surface area (Å²) in [5.41, 5.74) is 1.90. The second-order valence-corrected chi connectivity index (χ2v) is 6.48. The van der Waals surface area contributed by atoms with Gasteiger partial charge in [-0.3, -0.25) is 19.3 Å². The molecule has 0 spiro atoms. The van der Waals surface area contributed by atoms with Crippen molar-refractivity contribution in [1.29, 1.82) is 0 Å². The third kappa shape index (κ3) is 3.38. The van der Waals surface area contributed by atoms with Crippen molar-refractivity contribution in [3.63, 3.8) is 0 Å². The summed E-state index contributed by atoms with van der Waals surface area (Å²) in [4.78, 5) is 37.0. The Hall–Kier alpha value is -2.37. The Bertz CT molecular complexity index is 896. The number of nitrogens with zero attached hydrogens (tertiary/aromatic N) is 1. The van der Waals surface area contributed by atoms with Gasteiger partial charge in [0.05, 0.1) is 21.2 Å². The van der Waals surface area contributed by atoms with Gasteiger partial charge in [-0.15, -0.1) is 0 Å². The molecule has 1 aliphatic heterocycles. The minimum atomic E-state index is -0.373. The minimum Gasteiger partial charge on any atom is -0.326 e. The van der Waals surface area contributed by atoms with E-state index >= 15 is 0 Å². The number of anilines is 1. The lowest BCUT2D eigenvalue weighted by Crippen LogP contribution is -2.24. The maximum Gasteiger partial charge on any atom is 0.261 e. The second kappa shape index (κ2) is 6.86. The van der Waals surface area contributed by atoms with Crippen LogP contribution < -0.4 is 5.32 Å². The third-order valence-electron chi connectivity index (χ3n) is 4.03. The van der Waals surface area contributed by atoms with Crippen LogP contribution in [-0.4, -0.2) is 29.7 Å². The molecule has 0 saturated carbocycles. The zero-order chi connectivity index (χ0) is 18.1. The SMILES string of the molecule is CN1C(=O)c2ccc(NC(=O)CCc3cccc(Cl)c3Cl)cc2C1=O. The quantitative estimate of drug-likeness (QED) is 0.825. The number of carbonyl (C=O) groups excluding carboxylic acids is 3. The molecule has 2 aromatic rings. The normalized spacial score (nSPS) is 13.2. The van der Waals surface area contributed by atoms with Gasteiger partial charge in [-0.1, -0.05) is 35.3 Å². The van der Waals surface area contributed by atoms with Gasteiger partial charge in [-0.05, 0) is 36.2 Å². The van der Waals surface area contributed by atoms with Gasteiger partial charge in [0.1, 0.15) is 0 Å². The average Bonchev–Trinajstić information content (AvgIpc) is 2.80. The molecule has 2 aromatic carbocycles. The van der Waals surface area contributed by atoms with E-state index in [4.69, 9.17) is 23.2 Å². The van der Waals surface area contributed by atoms with E-state index in [0.29, 0.717) is 33.3 Å². The van der Waals surface area contributed by atoms with Gasteiger partial charge >= 0.3 is 0 Å². The Morgan fingerprint density at radius 3 is 2.56 bits per heavy atom. The highest BCUT2D eigenvalue weighted by atomic mass is 35.5. The molecular weight excluding hydrogens is 363 g/mol. The van der Waals surface area contributed by atoms with Crippen LogP contribution in [-0.2, 0) is 11.2 Å². The van der Waals surface area contributed by atoms with Gasteiger partial charge < -0.3 is 5.32 Å². The predicted octanol–water partition coefficient (Wildman–Crippen LogP) is 3.79. The summed E-state index contributed by atoms with van der Waals surface area (Å²) in [6.45, 7) is 0. The molecule has 0 atom stereocenters. The van der Waals surface area contributed by atoms with Crippen molar-refractivity contribution >= 4 is 46.6 Å². The number of imide groups is 1. The van der Waals surface area contributed by atoms with Crippen molar-refractivity contribution in [2.45, 2.75) is 12.8 Å². The van der Waals surface area contributed by atoms with Crippen LogP contribution in [0.1, 0.15) is 32.7 Å². The summed E-state index contributed by atoms with van der Waals surface area (Å²) in [5, 5.41) is 3.62. The fraction of sp³-hybridized carbons (Fsp3) is 0.167. The van der Waals surface area contributed by atoms with Crippen LogP contribution in [0.15, 0.2) is 36.4 Å². The van der Waals surface area contributed by atoms with E-state index < -0.39 is 0 Å². The van der Waals surface area contributed by atoms with Gasteiger partial charge in [0.25, 0.3) is 11.8 Å². The standard InChI is InChI=1S/C18H14Cl2N2O3/c1-22-17(24)12-7-6-11(9-13(12)18(22)25)21-15(23)8-5-10-3-2-4-14(19)16(10)20/h2-4,6-7,9H,5,8H2,1H3,(H,21,23). The summed E-state index contributed by atoms with van der Waals surface area (Å²) in [6, 6.07) is 9.95. The first-order chi connectivity index (χ1) is 11.9. The van der Waals surface area contributed by atoms with Crippen LogP contribution in [0.4, 0.5) is 5.69 Å². The molecule has 0 aromatic heterocycles. The molecule has 1 aliphatic rings. The van der Waals surface area contributed by atoms with Crippen LogP contribution in [0.5, 0.6) is 0 Å². The van der Waals surface area contributed by atoms with Gasteiger partial charge in [0.2, 0.25) is 5.91 Å². The highest BCUT2D eigenvalue weighted by Gasteiger charge is 2.32. The Labute approximate surface area is 154 Å². The summed E-state index contributed by atoms with van der Waals surface area (Å²) in [6.07, 6.45) is 0.653. The number of nitrogens with one attached hydrogen (secondary N) is 1. The Morgan fingerprint density at radius 1 is 1.08 bits per heavy atom. The van der Waals surface area contributed by atoms with Crippen molar-refractivity contribution in [3.05, 3.63) is 63.1 Å². The number of fused-ring (bicyclic) bond motifs is 1. The first-order valence-electron chi connectivity index (χ1n) is 7.57. The Balaban J connectivity index is 1.67. The Morgan fingerprint density at radius 2 is 1.80 bits per heavy atom. The van der Waals surface area contributed by atoms with Crippen LogP contribution in [0, 0.1) is 0 Å². The van der Waals surface area contributed by atoms with Crippen LogP contribution in [0.25, 0.3) is 0 Å². The number of rotatable bonds is 4. The third-order valence-corrected chi connectivity index (χ3v) is 4.88. The van der Waals surface area contributed by atoms with Crippen LogP contribution in [0.2, 0.25) is 10.0 Å². The highest BCUT2D eigenvalue weighted by Crippen LogP contribution is 2.27. The largest absolute Gasteiger partial charge is 0.326 e. The van der Waals surface area contributed by atoms with Crippen LogP contribution >= 0.6 is 23.2 Å². The molecule has 0 aliphatic carbocycles. The molecule has 0 saturated heterocycles. The van der Waals surface area contributed by atoms with E-state index in [0.717, 1.165) is 10.5 Å². The number of hydrogen-bond acceptors (Lipinski definition) is 3. The van der Waals surface area contributed by atoms with E-state index in [1.165, 1.54) is 13.1 Å². The summed E-state index contributed by atoms with van der Waals surface area (Å²) >= 11 is 12.1. The predicted molar refractivity (Wildman–Crippen MR) is 96.3 cm³/mol. The lowest BCUT2D eigenvalue weighted by Gasteiger charge is -2.08. The smallest absolute Gasteiger partial charge is 0.261 e. The fourth-order valence-electron chi connectivity index (χ4n) is 2.65. The molecule has 0 radical (unpaired) electrons. The van der Waals surface area contributed by atoms with Crippen molar-refractivity contribution < 1.29 is 14.4 Å². The van der Waals surface area contributed by atoms with E-state index in [1.54, 1.807) is 24.3 Å². The molecule has 3 amide bonds. The molecule has 1 heterocycles. The number of carbonyl (C=O) groups is 3. The van der Waals surface area contributed by atoms with Crippen molar-refractivity contribution in [3.8, 4) is 0 Å². The Kier molecular flexibility index (Phi) is 4.79.